The van der Waals surface area contributed by atoms with Gasteiger partial charge in [-0.2, -0.15) is 5.43 Å². The molecule has 1 atom stereocenters. The molecule has 0 aliphatic carbocycles. The number of benzene rings is 3. The Kier molecular flexibility index (Phi) is 7.42. The van der Waals surface area contributed by atoms with Crippen molar-refractivity contribution in [1.82, 2.24) is 10.9 Å². The summed E-state index contributed by atoms with van der Waals surface area (Å²) in [7, 11) is 0. The van der Waals surface area contributed by atoms with Gasteiger partial charge in [0, 0.05) is 29.2 Å². The molecule has 0 spiro atoms. The molecule has 8 heteroatoms. The number of aryl methyl sites for hydroxylation is 2. The van der Waals surface area contributed by atoms with Crippen LogP contribution in [0.1, 0.15) is 23.6 Å². The molecule has 8 nitrogen and oxygen atoms in total. The maximum Gasteiger partial charge on any atom is 0.297 e. The number of hydrogen-bond donors (Lipinski definition) is 6. The van der Waals surface area contributed by atoms with Gasteiger partial charge < -0.3 is 32.0 Å². The zero-order chi connectivity index (χ0) is 23.8. The molecule has 3 aromatic rings. The van der Waals surface area contributed by atoms with E-state index in [1.807, 2.05) is 63.2 Å². The van der Waals surface area contributed by atoms with Crippen molar-refractivity contribution in [3.05, 3.63) is 89.6 Å². The molecule has 1 unspecified atom stereocenters. The number of hydrogen-bond acceptors (Lipinski definition) is 5. The second-order valence-electron chi connectivity index (χ2n) is 7.85. The highest BCUT2D eigenvalue weighted by molar-refractivity contribution is 5.93. The summed E-state index contributed by atoms with van der Waals surface area (Å²) in [6, 6.07) is 20.6. The number of aromatic hydroxyl groups is 1. The van der Waals surface area contributed by atoms with Crippen molar-refractivity contribution in [2.45, 2.75) is 26.6 Å². The minimum atomic E-state index is -1.03. The van der Waals surface area contributed by atoms with Crippen LogP contribution in [-0.2, 0) is 0 Å². The Hall–Kier alpha value is -4.17. The van der Waals surface area contributed by atoms with Gasteiger partial charge in [0.1, 0.15) is 0 Å². The van der Waals surface area contributed by atoms with Crippen molar-refractivity contribution in [3.8, 4) is 11.5 Å². The Balaban J connectivity index is 1.77. The van der Waals surface area contributed by atoms with Gasteiger partial charge in [-0.05, 0) is 50.6 Å². The largest absolute Gasteiger partial charge is 0.591 e. The summed E-state index contributed by atoms with van der Waals surface area (Å²) in [5, 5.41) is 24.2. The highest BCUT2D eigenvalue weighted by atomic mass is 16.3. The first-order valence-corrected chi connectivity index (χ1v) is 10.5. The molecule has 0 aliphatic rings. The molecule has 0 aliphatic heterocycles. The van der Waals surface area contributed by atoms with Crippen LogP contribution >= 0.6 is 0 Å². The average Bonchev–Trinajstić information content (AvgIpc) is 2.76. The van der Waals surface area contributed by atoms with E-state index in [9.17, 15) is 5.11 Å². The van der Waals surface area contributed by atoms with Gasteiger partial charge >= 0.3 is 0 Å². The number of anilines is 2. The molecule has 0 heterocycles. The van der Waals surface area contributed by atoms with E-state index in [1.54, 1.807) is 24.4 Å². The fourth-order valence-electron chi connectivity index (χ4n) is 3.26. The maximum absolute atomic E-state index is 10.0. The number of aliphatic imine (C=N–C) groups is 1. The van der Waals surface area contributed by atoms with Crippen LogP contribution in [0.2, 0.25) is 0 Å². The summed E-state index contributed by atoms with van der Waals surface area (Å²) in [5.41, 5.74) is 16.8. The Labute approximate surface area is 193 Å². The number of nitrogens with zero attached hydrogens (tertiary/aromatic N) is 1. The van der Waals surface area contributed by atoms with E-state index in [0.29, 0.717) is 5.56 Å². The summed E-state index contributed by atoms with van der Waals surface area (Å²) in [4.78, 5) is 4.62. The molecule has 0 saturated carbocycles. The standard InChI is InChI=1S/C25H30N6O2/c1-17-12-13-21(18(2)16-17)28-24(26)30-25(3,29-20-9-5-4-6-10-20)31-27-15-14-19-8-7-11-22(32)23(19)33/h4-16,27,29,31-33H,1-3H3,(H3,26,28,30)/p+1/b15-14-. The van der Waals surface area contributed by atoms with E-state index in [1.165, 1.54) is 11.6 Å². The number of hydrazine groups is 1. The third-order valence-corrected chi connectivity index (χ3v) is 4.88. The van der Waals surface area contributed by atoms with Gasteiger partial charge in [0.25, 0.3) is 5.75 Å². The number of guanidine groups is 1. The molecule has 0 aromatic heterocycles. The fraction of sp³-hybridized carbons (Fsp3) is 0.160. The van der Waals surface area contributed by atoms with Gasteiger partial charge in [0.2, 0.25) is 11.5 Å². The van der Waals surface area contributed by atoms with E-state index in [0.717, 1.165) is 16.9 Å². The Morgan fingerprint density at radius 2 is 1.82 bits per heavy atom. The third-order valence-electron chi connectivity index (χ3n) is 4.88. The van der Waals surface area contributed by atoms with Crippen LogP contribution in [0.5, 0.6) is 11.5 Å². The second kappa shape index (κ2) is 10.4. The van der Waals surface area contributed by atoms with E-state index < -0.39 is 5.79 Å². The smallest absolute Gasteiger partial charge is 0.297 e. The van der Waals surface area contributed by atoms with Crippen LogP contribution in [0.4, 0.5) is 11.4 Å². The first-order chi connectivity index (χ1) is 15.8. The quantitative estimate of drug-likeness (QED) is 0.103. The van der Waals surface area contributed by atoms with Crippen LogP contribution in [0, 0.1) is 13.8 Å². The number of nitrogens with one attached hydrogen (secondary N) is 4. The van der Waals surface area contributed by atoms with Gasteiger partial charge in [0.05, 0.1) is 0 Å². The molecule has 33 heavy (non-hydrogen) atoms. The Bertz CT molecular complexity index is 1150. The van der Waals surface area contributed by atoms with Crippen LogP contribution in [0.15, 0.2) is 77.9 Å². The maximum atomic E-state index is 10.0. The zero-order valence-electron chi connectivity index (χ0n) is 19.0. The van der Waals surface area contributed by atoms with Gasteiger partial charge in [-0.1, -0.05) is 48.0 Å². The molecule has 3 rings (SSSR count). The topological polar surface area (TPSA) is 130 Å². The Morgan fingerprint density at radius 1 is 1.06 bits per heavy atom. The average molecular weight is 448 g/mol. The van der Waals surface area contributed by atoms with Crippen LogP contribution in [0.25, 0.3) is 6.08 Å². The van der Waals surface area contributed by atoms with E-state index in [2.05, 4.69) is 32.5 Å². The minimum absolute atomic E-state index is 0.0653. The van der Waals surface area contributed by atoms with Gasteiger partial charge in [-0.15, -0.1) is 0 Å². The molecule has 0 amide bonds. The molecule has 9 N–H and O–H groups in total. The number of nitrogens with two attached hydrogens (primary N) is 1. The molecule has 0 fully saturated rings. The SMILES string of the molecule is Cc1ccc(N/C(N)=N/C(C)(NN/C=C\c2cccc([OH2+])c2O)Nc2ccccc2)c(C)c1. The number of phenolic OH excluding ortho intramolecular Hbond substituents is 1. The molecule has 0 radical (unpaired) electrons. The second-order valence-corrected chi connectivity index (χ2v) is 7.85. The predicted octanol–water partition coefficient (Wildman–Crippen LogP) is 3.72. The molecular weight excluding hydrogens is 416 g/mol. The molecular formula is C25H31N6O2+. The monoisotopic (exact) mass is 447 g/mol. The van der Waals surface area contributed by atoms with E-state index >= 15 is 0 Å². The van der Waals surface area contributed by atoms with Crippen molar-refractivity contribution in [2.75, 3.05) is 10.6 Å². The first kappa shape index (κ1) is 23.5. The van der Waals surface area contributed by atoms with Crippen molar-refractivity contribution >= 4 is 23.4 Å². The highest BCUT2D eigenvalue weighted by Crippen LogP contribution is 2.28. The molecule has 3 aromatic carbocycles. The number of phenols is 1. The van der Waals surface area contributed by atoms with Gasteiger partial charge in [0.15, 0.2) is 5.96 Å². The predicted molar refractivity (Wildman–Crippen MR) is 136 cm³/mol. The fourth-order valence-corrected chi connectivity index (χ4v) is 3.26. The van der Waals surface area contributed by atoms with Crippen molar-refractivity contribution in [3.63, 3.8) is 0 Å². The first-order valence-electron chi connectivity index (χ1n) is 10.5. The number of rotatable bonds is 8. The van der Waals surface area contributed by atoms with Crippen molar-refractivity contribution in [2.24, 2.45) is 10.7 Å². The van der Waals surface area contributed by atoms with Gasteiger partial charge in [-0.3, -0.25) is 0 Å². The molecule has 172 valence electrons. The Morgan fingerprint density at radius 3 is 2.55 bits per heavy atom. The number of para-hydroxylation sites is 2. The summed E-state index contributed by atoms with van der Waals surface area (Å²) in [5.74, 6) is -0.817. The lowest BCUT2D eigenvalue weighted by Crippen LogP contribution is -2.54. The normalized spacial score (nSPS) is 13.5. The third kappa shape index (κ3) is 6.65. The lowest BCUT2D eigenvalue weighted by molar-refractivity contribution is 0.388. The summed E-state index contributed by atoms with van der Waals surface area (Å²) < 4.78 is 0. The van der Waals surface area contributed by atoms with E-state index in [4.69, 9.17) is 10.8 Å². The van der Waals surface area contributed by atoms with Crippen LogP contribution in [0.3, 0.4) is 0 Å². The van der Waals surface area contributed by atoms with Gasteiger partial charge in [-0.25, -0.2) is 4.99 Å². The van der Waals surface area contributed by atoms with Crippen molar-refractivity contribution < 1.29 is 10.2 Å². The van der Waals surface area contributed by atoms with E-state index in [-0.39, 0.29) is 17.5 Å². The van der Waals surface area contributed by atoms with Crippen LogP contribution in [-0.4, -0.2) is 22.0 Å². The lowest BCUT2D eigenvalue weighted by atomic mass is 10.1. The molecule has 0 saturated heterocycles. The van der Waals surface area contributed by atoms with Crippen molar-refractivity contribution in [1.29, 1.82) is 0 Å². The zero-order valence-corrected chi connectivity index (χ0v) is 19.0. The van der Waals surface area contributed by atoms with Crippen LogP contribution < -0.4 is 27.2 Å². The molecule has 0 bridgehead atoms. The highest BCUT2D eigenvalue weighted by Gasteiger charge is 2.23. The minimum Gasteiger partial charge on any atom is -0.591 e. The lowest BCUT2D eigenvalue weighted by Gasteiger charge is -2.29. The summed E-state index contributed by atoms with van der Waals surface area (Å²) in [6.45, 7) is 5.88. The summed E-state index contributed by atoms with van der Waals surface area (Å²) in [6.07, 6.45) is 3.27. The summed E-state index contributed by atoms with van der Waals surface area (Å²) >= 11 is 0.